The van der Waals surface area contributed by atoms with E-state index < -0.39 is 0 Å². The van der Waals surface area contributed by atoms with E-state index in [0.29, 0.717) is 32.8 Å². The van der Waals surface area contributed by atoms with Crippen LogP contribution >= 0.6 is 0 Å². The molecule has 0 N–H and O–H groups in total. The van der Waals surface area contributed by atoms with Gasteiger partial charge >= 0.3 is 0 Å². The zero-order chi connectivity index (χ0) is 19.2. The molecular formula is C20H30N4O3. The highest BCUT2D eigenvalue weighted by Crippen LogP contribution is 2.24. The molecule has 0 aromatic heterocycles. The molecule has 7 nitrogen and oxygen atoms in total. The maximum atomic E-state index is 12.8. The predicted molar refractivity (Wildman–Crippen MR) is 103 cm³/mol. The lowest BCUT2D eigenvalue weighted by Crippen LogP contribution is -2.53. The van der Waals surface area contributed by atoms with Gasteiger partial charge in [0.1, 0.15) is 6.04 Å². The molecule has 2 aliphatic heterocycles. The van der Waals surface area contributed by atoms with Gasteiger partial charge in [-0.1, -0.05) is 30.3 Å². The zero-order valence-corrected chi connectivity index (χ0v) is 16.3. The minimum atomic E-state index is -0.265. The van der Waals surface area contributed by atoms with Crippen molar-refractivity contribution in [3.05, 3.63) is 35.9 Å². The highest BCUT2D eigenvalue weighted by molar-refractivity contribution is 5.83. The minimum absolute atomic E-state index is 0.0963. The molecule has 1 aromatic rings. The molecule has 0 spiro atoms. The van der Waals surface area contributed by atoms with Gasteiger partial charge in [0.25, 0.3) is 0 Å². The van der Waals surface area contributed by atoms with Crippen molar-refractivity contribution in [2.24, 2.45) is 0 Å². The highest BCUT2D eigenvalue weighted by Gasteiger charge is 2.32. The van der Waals surface area contributed by atoms with Crippen LogP contribution in [0.2, 0.25) is 0 Å². The first-order chi connectivity index (χ1) is 13.1. The summed E-state index contributed by atoms with van der Waals surface area (Å²) in [6.07, 6.45) is 0. The highest BCUT2D eigenvalue weighted by atomic mass is 16.5. The second-order valence-corrected chi connectivity index (χ2v) is 7.35. The van der Waals surface area contributed by atoms with Crippen LogP contribution in [0.3, 0.4) is 0 Å². The van der Waals surface area contributed by atoms with Crippen molar-refractivity contribution >= 4 is 11.8 Å². The Morgan fingerprint density at radius 3 is 2.22 bits per heavy atom. The molecule has 0 saturated carbocycles. The average Bonchev–Trinajstić information content (AvgIpc) is 2.71. The van der Waals surface area contributed by atoms with Gasteiger partial charge in [0, 0.05) is 53.4 Å². The van der Waals surface area contributed by atoms with Crippen molar-refractivity contribution in [2.45, 2.75) is 6.04 Å². The molecule has 1 unspecified atom stereocenters. The molecule has 27 heavy (non-hydrogen) atoms. The molecule has 0 aliphatic carbocycles. The number of amides is 2. The maximum Gasteiger partial charge on any atom is 0.244 e. The summed E-state index contributed by atoms with van der Waals surface area (Å²) >= 11 is 0. The van der Waals surface area contributed by atoms with E-state index in [0.717, 1.165) is 31.7 Å². The topological polar surface area (TPSA) is 56.3 Å². The smallest absolute Gasteiger partial charge is 0.244 e. The van der Waals surface area contributed by atoms with Crippen LogP contribution < -0.4 is 0 Å². The van der Waals surface area contributed by atoms with E-state index in [1.54, 1.807) is 19.0 Å². The van der Waals surface area contributed by atoms with Crippen molar-refractivity contribution in [3.8, 4) is 0 Å². The van der Waals surface area contributed by atoms with E-state index >= 15 is 0 Å². The Labute approximate surface area is 161 Å². The summed E-state index contributed by atoms with van der Waals surface area (Å²) < 4.78 is 5.31. The third-order valence-corrected chi connectivity index (χ3v) is 5.28. The Morgan fingerprint density at radius 2 is 1.63 bits per heavy atom. The van der Waals surface area contributed by atoms with Gasteiger partial charge < -0.3 is 14.5 Å². The fraction of sp³-hybridized carbons (Fsp3) is 0.600. The van der Waals surface area contributed by atoms with Crippen LogP contribution in [0.4, 0.5) is 0 Å². The number of carbonyl (C=O) groups excluding carboxylic acids is 2. The van der Waals surface area contributed by atoms with E-state index in [9.17, 15) is 9.59 Å². The van der Waals surface area contributed by atoms with Gasteiger partial charge in [-0.15, -0.1) is 0 Å². The second-order valence-electron chi connectivity index (χ2n) is 7.35. The van der Waals surface area contributed by atoms with E-state index in [1.807, 2.05) is 35.2 Å². The molecule has 3 rings (SSSR count). The molecule has 1 atom stereocenters. The molecule has 0 bridgehead atoms. The summed E-state index contributed by atoms with van der Waals surface area (Å²) in [6.45, 7) is 6.21. The number of piperazine rings is 1. The molecule has 2 aliphatic rings. The first-order valence-electron chi connectivity index (χ1n) is 9.64. The van der Waals surface area contributed by atoms with E-state index in [4.69, 9.17) is 4.74 Å². The standard InChI is InChI=1S/C20H30N4O3/c1-21(2)20(26)19(17-6-4-3-5-7-17)24-10-8-22(9-11-24)16-18(25)23-12-14-27-15-13-23/h3-7,19H,8-16H2,1-2H3. The summed E-state index contributed by atoms with van der Waals surface area (Å²) in [7, 11) is 3.60. The van der Waals surface area contributed by atoms with Crippen molar-refractivity contribution in [3.63, 3.8) is 0 Å². The second kappa shape index (κ2) is 9.30. The van der Waals surface area contributed by atoms with Gasteiger partial charge in [0.2, 0.25) is 11.8 Å². The number of rotatable bonds is 5. The van der Waals surface area contributed by atoms with Crippen LogP contribution in [0.25, 0.3) is 0 Å². The zero-order valence-electron chi connectivity index (χ0n) is 16.3. The SMILES string of the molecule is CN(C)C(=O)C(c1ccccc1)N1CCN(CC(=O)N2CCOCC2)CC1. The largest absolute Gasteiger partial charge is 0.378 e. The lowest BCUT2D eigenvalue weighted by Gasteiger charge is -2.40. The molecule has 2 saturated heterocycles. The monoisotopic (exact) mass is 374 g/mol. The number of carbonyl (C=O) groups is 2. The summed E-state index contributed by atoms with van der Waals surface area (Å²) in [4.78, 5) is 33.2. The minimum Gasteiger partial charge on any atom is -0.378 e. The van der Waals surface area contributed by atoms with Gasteiger partial charge in [0.15, 0.2) is 0 Å². The van der Waals surface area contributed by atoms with Gasteiger partial charge in [-0.25, -0.2) is 0 Å². The number of ether oxygens (including phenoxy) is 1. The number of likely N-dealkylation sites (N-methyl/N-ethyl adjacent to an activating group) is 1. The normalized spacial score (nSPS) is 20.3. The number of nitrogens with zero attached hydrogens (tertiary/aromatic N) is 4. The van der Waals surface area contributed by atoms with Crippen molar-refractivity contribution < 1.29 is 14.3 Å². The fourth-order valence-corrected chi connectivity index (χ4v) is 3.67. The summed E-state index contributed by atoms with van der Waals surface area (Å²) in [5.41, 5.74) is 1.02. The van der Waals surface area contributed by atoms with Crippen molar-refractivity contribution in [1.82, 2.24) is 19.6 Å². The van der Waals surface area contributed by atoms with Crippen LogP contribution in [0, 0.1) is 0 Å². The number of benzene rings is 1. The third-order valence-electron chi connectivity index (χ3n) is 5.28. The Hall–Kier alpha value is -1.96. The molecule has 7 heteroatoms. The quantitative estimate of drug-likeness (QED) is 0.742. The van der Waals surface area contributed by atoms with Crippen LogP contribution in [-0.2, 0) is 14.3 Å². The summed E-state index contributed by atoms with van der Waals surface area (Å²) in [6, 6.07) is 9.68. The van der Waals surface area contributed by atoms with Gasteiger partial charge in [-0.2, -0.15) is 0 Å². The molecule has 0 radical (unpaired) electrons. The lowest BCUT2D eigenvalue weighted by molar-refractivity contribution is -0.139. The van der Waals surface area contributed by atoms with Crippen molar-refractivity contribution in [1.29, 1.82) is 0 Å². The number of hydrogen-bond donors (Lipinski definition) is 0. The fourth-order valence-electron chi connectivity index (χ4n) is 3.67. The molecular weight excluding hydrogens is 344 g/mol. The third kappa shape index (κ3) is 5.06. The van der Waals surface area contributed by atoms with E-state index in [2.05, 4.69) is 9.80 Å². The maximum absolute atomic E-state index is 12.8. The van der Waals surface area contributed by atoms with Crippen LogP contribution in [0.1, 0.15) is 11.6 Å². The Morgan fingerprint density at radius 1 is 1.00 bits per heavy atom. The number of morpholine rings is 1. The predicted octanol–water partition coefficient (Wildman–Crippen LogP) is 0.292. The first-order valence-corrected chi connectivity index (χ1v) is 9.64. The summed E-state index contributed by atoms with van der Waals surface area (Å²) in [5.74, 6) is 0.273. The van der Waals surface area contributed by atoms with Crippen molar-refractivity contribution in [2.75, 3.05) is 73.1 Å². The van der Waals surface area contributed by atoms with Crippen LogP contribution in [0.5, 0.6) is 0 Å². The Balaban J connectivity index is 1.58. The first kappa shape index (κ1) is 19.8. The summed E-state index contributed by atoms with van der Waals surface area (Å²) in [5, 5.41) is 0. The van der Waals surface area contributed by atoms with Crippen LogP contribution in [-0.4, -0.2) is 105 Å². The molecule has 2 fully saturated rings. The lowest BCUT2D eigenvalue weighted by atomic mass is 10.0. The van der Waals surface area contributed by atoms with Crippen LogP contribution in [0.15, 0.2) is 30.3 Å². The Kier molecular flexibility index (Phi) is 6.82. The Bertz CT molecular complexity index is 623. The average molecular weight is 374 g/mol. The van der Waals surface area contributed by atoms with Gasteiger partial charge in [0.05, 0.1) is 19.8 Å². The number of hydrogen-bond acceptors (Lipinski definition) is 5. The molecule has 2 heterocycles. The molecule has 148 valence electrons. The molecule has 2 amide bonds. The molecule has 1 aromatic carbocycles. The van der Waals surface area contributed by atoms with E-state index in [1.165, 1.54) is 0 Å². The van der Waals surface area contributed by atoms with Gasteiger partial charge in [-0.05, 0) is 5.56 Å². The van der Waals surface area contributed by atoms with E-state index in [-0.39, 0.29) is 17.9 Å². The van der Waals surface area contributed by atoms with Gasteiger partial charge in [-0.3, -0.25) is 19.4 Å².